The average Bonchev–Trinajstić information content (AvgIpc) is 3.05. The Labute approximate surface area is 112 Å². The van der Waals surface area contributed by atoms with Crippen molar-refractivity contribution in [3.05, 3.63) is 42.9 Å². The van der Waals surface area contributed by atoms with Crippen molar-refractivity contribution in [3.8, 4) is 0 Å². The number of aromatic nitrogens is 5. The maximum Gasteiger partial charge on any atom is 0.139 e. The second kappa shape index (κ2) is 3.33. The molecule has 0 spiro atoms. The van der Waals surface area contributed by atoms with Crippen molar-refractivity contribution in [3.63, 3.8) is 0 Å². The number of nitrogens with one attached hydrogen (secondary N) is 2. The van der Waals surface area contributed by atoms with Gasteiger partial charge < -0.3 is 9.97 Å². The lowest BCUT2D eigenvalue weighted by Crippen LogP contribution is -1.77. The van der Waals surface area contributed by atoms with E-state index in [1.807, 2.05) is 24.4 Å². The Bertz CT molecular complexity index is 1010. The first-order chi connectivity index (χ1) is 9.92. The van der Waals surface area contributed by atoms with Crippen LogP contribution in [-0.4, -0.2) is 24.9 Å². The molecule has 0 bridgehead atoms. The van der Waals surface area contributed by atoms with Gasteiger partial charge in [0, 0.05) is 34.7 Å². The van der Waals surface area contributed by atoms with Crippen LogP contribution in [0.5, 0.6) is 0 Å². The fraction of sp³-hybridized carbons (Fsp3) is 0. The van der Waals surface area contributed by atoms with E-state index in [0.717, 1.165) is 44.0 Å². The Kier molecular flexibility index (Phi) is 1.65. The van der Waals surface area contributed by atoms with Crippen molar-refractivity contribution in [1.29, 1.82) is 0 Å². The van der Waals surface area contributed by atoms with E-state index in [1.54, 1.807) is 12.4 Å². The van der Waals surface area contributed by atoms with Crippen LogP contribution in [0.15, 0.2) is 42.9 Å². The number of nitrogens with zero attached hydrogens (tertiary/aromatic N) is 3. The van der Waals surface area contributed by atoms with Gasteiger partial charge >= 0.3 is 0 Å². The summed E-state index contributed by atoms with van der Waals surface area (Å²) in [6.07, 6.45) is 5.47. The van der Waals surface area contributed by atoms with Crippen LogP contribution in [-0.2, 0) is 0 Å². The van der Waals surface area contributed by atoms with E-state index >= 15 is 0 Å². The quantitative estimate of drug-likeness (QED) is 0.449. The van der Waals surface area contributed by atoms with Crippen LogP contribution in [0.1, 0.15) is 0 Å². The van der Waals surface area contributed by atoms with Crippen LogP contribution in [0.2, 0.25) is 0 Å². The molecule has 0 aliphatic rings. The highest BCUT2D eigenvalue weighted by Gasteiger charge is 2.13. The maximum atomic E-state index is 4.60. The molecule has 5 rings (SSSR count). The van der Waals surface area contributed by atoms with Crippen molar-refractivity contribution in [2.24, 2.45) is 0 Å². The molecule has 0 atom stereocenters. The number of pyridine rings is 3. The summed E-state index contributed by atoms with van der Waals surface area (Å²) >= 11 is 0. The lowest BCUT2D eigenvalue weighted by Gasteiger charge is -1.92. The molecule has 0 aliphatic heterocycles. The van der Waals surface area contributed by atoms with E-state index in [4.69, 9.17) is 0 Å². The molecule has 5 aromatic heterocycles. The average molecular weight is 259 g/mol. The molecule has 0 fully saturated rings. The van der Waals surface area contributed by atoms with Gasteiger partial charge in [-0.05, 0) is 24.3 Å². The van der Waals surface area contributed by atoms with Gasteiger partial charge in [-0.1, -0.05) is 0 Å². The molecule has 94 valence electrons. The Morgan fingerprint density at radius 3 is 2.25 bits per heavy atom. The zero-order valence-electron chi connectivity index (χ0n) is 10.4. The molecular weight excluding hydrogens is 250 g/mol. The van der Waals surface area contributed by atoms with Gasteiger partial charge in [0.2, 0.25) is 0 Å². The first-order valence-electron chi connectivity index (χ1n) is 6.39. The maximum absolute atomic E-state index is 4.60. The standard InChI is InChI=1S/C15H9N5/c1-3-8-10-7-18-11-9-4-2-6-17-15(9)20-13(11)12(10)19-14(8)16-5-1/h1-7H,(H,16,19)(H,17,20). The Balaban J connectivity index is 2.10. The van der Waals surface area contributed by atoms with Crippen LogP contribution in [0.25, 0.3) is 44.0 Å². The predicted molar refractivity (Wildman–Crippen MR) is 78.6 cm³/mol. The summed E-state index contributed by atoms with van der Waals surface area (Å²) < 4.78 is 0. The smallest absolute Gasteiger partial charge is 0.139 e. The molecule has 5 heteroatoms. The van der Waals surface area contributed by atoms with E-state index in [9.17, 15) is 0 Å². The van der Waals surface area contributed by atoms with Gasteiger partial charge in [0.1, 0.15) is 11.3 Å². The van der Waals surface area contributed by atoms with Crippen LogP contribution in [0, 0.1) is 0 Å². The minimum absolute atomic E-state index is 0.856. The predicted octanol–water partition coefficient (Wildman–Crippen LogP) is 3.14. The minimum atomic E-state index is 0.856. The first-order valence-corrected chi connectivity index (χ1v) is 6.39. The van der Waals surface area contributed by atoms with Crippen molar-refractivity contribution >= 4 is 44.0 Å². The van der Waals surface area contributed by atoms with Gasteiger partial charge in [0.15, 0.2) is 0 Å². The van der Waals surface area contributed by atoms with E-state index < -0.39 is 0 Å². The van der Waals surface area contributed by atoms with Crippen molar-refractivity contribution in [2.75, 3.05) is 0 Å². The fourth-order valence-corrected chi connectivity index (χ4v) is 2.83. The summed E-state index contributed by atoms with van der Waals surface area (Å²) in [5.74, 6) is 0. The Hall–Kier alpha value is -2.95. The fourth-order valence-electron chi connectivity index (χ4n) is 2.83. The van der Waals surface area contributed by atoms with Crippen molar-refractivity contribution in [2.45, 2.75) is 0 Å². The number of H-pyrrole nitrogens is 2. The number of rotatable bonds is 0. The Morgan fingerprint density at radius 1 is 0.700 bits per heavy atom. The topological polar surface area (TPSA) is 70.2 Å². The number of hydrogen-bond donors (Lipinski definition) is 2. The van der Waals surface area contributed by atoms with Crippen molar-refractivity contribution in [1.82, 2.24) is 24.9 Å². The molecule has 0 saturated heterocycles. The van der Waals surface area contributed by atoms with E-state index in [0.29, 0.717) is 0 Å². The number of fused-ring (bicyclic) bond motifs is 7. The van der Waals surface area contributed by atoms with Crippen LogP contribution >= 0.6 is 0 Å². The molecule has 0 aromatic carbocycles. The van der Waals surface area contributed by atoms with E-state index in [2.05, 4.69) is 31.0 Å². The zero-order chi connectivity index (χ0) is 13.1. The first kappa shape index (κ1) is 9.91. The molecule has 0 radical (unpaired) electrons. The minimum Gasteiger partial charge on any atom is -0.337 e. The third-order valence-corrected chi connectivity index (χ3v) is 3.73. The van der Waals surface area contributed by atoms with Crippen LogP contribution in [0.4, 0.5) is 0 Å². The molecular formula is C15H9N5. The largest absolute Gasteiger partial charge is 0.337 e. The molecule has 0 saturated carbocycles. The van der Waals surface area contributed by atoms with Crippen LogP contribution < -0.4 is 0 Å². The highest BCUT2D eigenvalue weighted by atomic mass is 14.9. The molecule has 0 unspecified atom stereocenters. The molecule has 2 N–H and O–H groups in total. The summed E-state index contributed by atoms with van der Waals surface area (Å²) in [6.45, 7) is 0. The van der Waals surface area contributed by atoms with E-state index in [-0.39, 0.29) is 0 Å². The van der Waals surface area contributed by atoms with Gasteiger partial charge in [0.05, 0.1) is 16.6 Å². The lowest BCUT2D eigenvalue weighted by atomic mass is 10.2. The monoisotopic (exact) mass is 259 g/mol. The highest BCUT2D eigenvalue weighted by Crippen LogP contribution is 2.31. The SMILES string of the molecule is c1cnc2[nH]c3c(cnc4c5cccnc5[nH]c43)c2c1. The number of aromatic amines is 2. The Morgan fingerprint density at radius 2 is 1.40 bits per heavy atom. The van der Waals surface area contributed by atoms with E-state index in [1.165, 1.54) is 0 Å². The molecule has 5 heterocycles. The number of hydrogen-bond acceptors (Lipinski definition) is 3. The lowest BCUT2D eigenvalue weighted by molar-refractivity contribution is 1.33. The summed E-state index contributed by atoms with van der Waals surface area (Å²) in [5, 5.41) is 3.20. The second-order valence-electron chi connectivity index (χ2n) is 4.82. The van der Waals surface area contributed by atoms with Gasteiger partial charge in [-0.3, -0.25) is 4.98 Å². The van der Waals surface area contributed by atoms with Crippen molar-refractivity contribution < 1.29 is 0 Å². The molecule has 20 heavy (non-hydrogen) atoms. The summed E-state index contributed by atoms with van der Waals surface area (Å²) in [4.78, 5) is 20.0. The van der Waals surface area contributed by atoms with Gasteiger partial charge in [-0.25, -0.2) is 9.97 Å². The molecule has 0 amide bonds. The third-order valence-electron chi connectivity index (χ3n) is 3.73. The van der Waals surface area contributed by atoms with Gasteiger partial charge in [-0.15, -0.1) is 0 Å². The molecule has 0 aliphatic carbocycles. The van der Waals surface area contributed by atoms with Gasteiger partial charge in [0.25, 0.3) is 0 Å². The summed E-state index contributed by atoms with van der Waals surface area (Å²) in [6, 6.07) is 7.94. The second-order valence-corrected chi connectivity index (χ2v) is 4.82. The summed E-state index contributed by atoms with van der Waals surface area (Å²) in [7, 11) is 0. The summed E-state index contributed by atoms with van der Waals surface area (Å²) in [5.41, 5.74) is 4.68. The third kappa shape index (κ3) is 1.10. The van der Waals surface area contributed by atoms with Crippen LogP contribution in [0.3, 0.4) is 0 Å². The molecule has 5 aromatic rings. The molecule has 5 nitrogen and oxygen atoms in total. The normalized spacial score (nSPS) is 12.0. The zero-order valence-corrected chi connectivity index (χ0v) is 10.4. The highest BCUT2D eigenvalue weighted by molar-refractivity contribution is 6.18. The van der Waals surface area contributed by atoms with Gasteiger partial charge in [-0.2, -0.15) is 0 Å².